The number of hydrogen-bond donors (Lipinski definition) is 1. The van der Waals surface area contributed by atoms with Gasteiger partial charge in [-0.2, -0.15) is 5.10 Å². The molecule has 2 aromatic rings. The molecule has 1 atom stereocenters. The van der Waals surface area contributed by atoms with E-state index in [0.717, 1.165) is 29.0 Å². The van der Waals surface area contributed by atoms with Gasteiger partial charge in [0.05, 0.1) is 27.6 Å². The van der Waals surface area contributed by atoms with E-state index in [2.05, 4.69) is 31.3 Å². The largest absolute Gasteiger partial charge is 0.308 e. The number of hydrogen-bond acceptors (Lipinski definition) is 3. The Labute approximate surface area is 132 Å². The van der Waals surface area contributed by atoms with E-state index in [1.807, 2.05) is 25.5 Å². The van der Waals surface area contributed by atoms with E-state index in [4.69, 9.17) is 0 Å². The Morgan fingerprint density at radius 2 is 2.19 bits per heavy atom. The molecule has 0 spiro atoms. The number of pyridine rings is 1. The number of nitrogens with zero attached hydrogens (tertiary/aromatic N) is 3. The molecule has 2 rings (SSSR count). The van der Waals surface area contributed by atoms with Gasteiger partial charge in [-0.1, -0.05) is 6.92 Å². The second-order valence-electron chi connectivity index (χ2n) is 4.85. The lowest BCUT2D eigenvalue weighted by Crippen LogP contribution is -2.26. The number of rotatable bonds is 6. The van der Waals surface area contributed by atoms with Crippen molar-refractivity contribution in [2.45, 2.75) is 39.8 Å². The molecule has 4 nitrogen and oxygen atoms in total. The summed E-state index contributed by atoms with van der Waals surface area (Å²) < 4.78 is 17.0. The molecule has 0 saturated heterocycles. The normalized spacial score (nSPS) is 12.6. The fourth-order valence-electron chi connectivity index (χ4n) is 2.42. The third-order valence-electron chi connectivity index (χ3n) is 3.42. The number of likely N-dealkylation sites (N-methyl/N-ethyl adjacent to an activating group) is 1. The quantitative estimate of drug-likeness (QED) is 0.864. The van der Waals surface area contributed by atoms with Crippen LogP contribution in [0.5, 0.6) is 0 Å². The first-order valence-electron chi connectivity index (χ1n) is 7.14. The van der Waals surface area contributed by atoms with Crippen LogP contribution in [0.3, 0.4) is 0 Å². The summed E-state index contributed by atoms with van der Waals surface area (Å²) in [5.74, 6) is -0.279. The monoisotopic (exact) mass is 354 g/mol. The molecule has 1 N–H and O–H groups in total. The molecule has 6 heteroatoms. The SMILES string of the molecule is CCNC(Cc1c(Br)c(C)nn1CC)c1ncccc1F. The van der Waals surface area contributed by atoms with Gasteiger partial charge in [-0.15, -0.1) is 0 Å². The van der Waals surface area contributed by atoms with Crippen molar-refractivity contribution in [3.05, 3.63) is 45.7 Å². The lowest BCUT2D eigenvalue weighted by Gasteiger charge is -2.18. The second kappa shape index (κ2) is 7.13. The lowest BCUT2D eigenvalue weighted by atomic mass is 10.1. The minimum absolute atomic E-state index is 0.172. The first-order valence-corrected chi connectivity index (χ1v) is 7.93. The maximum Gasteiger partial charge on any atom is 0.146 e. The van der Waals surface area contributed by atoms with E-state index in [0.29, 0.717) is 12.1 Å². The molecule has 0 radical (unpaired) electrons. The van der Waals surface area contributed by atoms with Gasteiger partial charge in [-0.25, -0.2) is 4.39 Å². The summed E-state index contributed by atoms with van der Waals surface area (Å²) in [5.41, 5.74) is 2.46. The molecule has 1 unspecified atom stereocenters. The smallest absolute Gasteiger partial charge is 0.146 e. The molecule has 0 saturated carbocycles. The summed E-state index contributed by atoms with van der Waals surface area (Å²) in [6, 6.07) is 2.89. The molecule has 2 aromatic heterocycles. The van der Waals surface area contributed by atoms with Crippen LogP contribution < -0.4 is 5.32 Å². The fraction of sp³-hybridized carbons (Fsp3) is 0.467. The summed E-state index contributed by atoms with van der Waals surface area (Å²) >= 11 is 3.59. The Bertz CT molecular complexity index is 612. The minimum Gasteiger partial charge on any atom is -0.308 e. The molecule has 0 bridgehead atoms. The summed E-state index contributed by atoms with van der Waals surface area (Å²) in [6.45, 7) is 7.55. The van der Waals surface area contributed by atoms with Crippen molar-refractivity contribution in [3.8, 4) is 0 Å². The van der Waals surface area contributed by atoms with Gasteiger partial charge in [0.25, 0.3) is 0 Å². The molecule has 114 valence electrons. The van der Waals surface area contributed by atoms with Crippen LogP contribution in [0.1, 0.15) is 37.0 Å². The second-order valence-corrected chi connectivity index (χ2v) is 5.64. The van der Waals surface area contributed by atoms with Gasteiger partial charge >= 0.3 is 0 Å². The highest BCUT2D eigenvalue weighted by Gasteiger charge is 2.21. The third-order valence-corrected chi connectivity index (χ3v) is 4.45. The molecule has 21 heavy (non-hydrogen) atoms. The van der Waals surface area contributed by atoms with Crippen molar-refractivity contribution in [2.75, 3.05) is 6.54 Å². The fourth-order valence-corrected chi connectivity index (χ4v) is 2.87. The van der Waals surface area contributed by atoms with Crippen LogP contribution in [0.4, 0.5) is 4.39 Å². The Morgan fingerprint density at radius 1 is 1.43 bits per heavy atom. The zero-order valence-electron chi connectivity index (χ0n) is 12.5. The van der Waals surface area contributed by atoms with E-state index in [1.54, 1.807) is 12.3 Å². The van der Waals surface area contributed by atoms with E-state index < -0.39 is 0 Å². The van der Waals surface area contributed by atoms with Crippen LogP contribution in [-0.2, 0) is 13.0 Å². The van der Waals surface area contributed by atoms with Crippen molar-refractivity contribution < 1.29 is 4.39 Å². The van der Waals surface area contributed by atoms with Crippen LogP contribution in [-0.4, -0.2) is 21.3 Å². The molecule has 0 aliphatic heterocycles. The maximum atomic E-state index is 14.0. The van der Waals surface area contributed by atoms with Gasteiger partial charge in [0.2, 0.25) is 0 Å². The van der Waals surface area contributed by atoms with Crippen molar-refractivity contribution in [1.29, 1.82) is 0 Å². The van der Waals surface area contributed by atoms with Crippen LogP contribution in [0.25, 0.3) is 0 Å². The molecular formula is C15H20BrFN4. The molecule has 0 aliphatic rings. The Morgan fingerprint density at radius 3 is 2.81 bits per heavy atom. The summed E-state index contributed by atoms with van der Waals surface area (Å²) in [4.78, 5) is 4.20. The minimum atomic E-state index is -0.279. The van der Waals surface area contributed by atoms with Gasteiger partial charge in [-0.3, -0.25) is 9.67 Å². The number of aryl methyl sites for hydroxylation is 2. The van der Waals surface area contributed by atoms with Gasteiger partial charge < -0.3 is 5.32 Å². The Hall–Kier alpha value is -1.27. The van der Waals surface area contributed by atoms with Crippen LogP contribution in [0.2, 0.25) is 0 Å². The van der Waals surface area contributed by atoms with E-state index in [1.165, 1.54) is 6.07 Å². The molecule has 2 heterocycles. The highest BCUT2D eigenvalue weighted by molar-refractivity contribution is 9.10. The highest BCUT2D eigenvalue weighted by atomic mass is 79.9. The molecular weight excluding hydrogens is 335 g/mol. The van der Waals surface area contributed by atoms with Gasteiger partial charge in [-0.05, 0) is 48.5 Å². The van der Waals surface area contributed by atoms with E-state index in [9.17, 15) is 4.39 Å². The first kappa shape index (κ1) is 16.1. The van der Waals surface area contributed by atoms with E-state index in [-0.39, 0.29) is 11.9 Å². The van der Waals surface area contributed by atoms with Gasteiger partial charge in [0.1, 0.15) is 5.82 Å². The molecule has 0 fully saturated rings. The average molecular weight is 355 g/mol. The van der Waals surface area contributed by atoms with Gasteiger partial charge in [0.15, 0.2) is 0 Å². The predicted octanol–water partition coefficient (Wildman–Crippen LogP) is 3.40. The topological polar surface area (TPSA) is 42.7 Å². The molecule has 0 amide bonds. The number of nitrogens with one attached hydrogen (secondary N) is 1. The zero-order valence-corrected chi connectivity index (χ0v) is 14.1. The number of halogens is 2. The average Bonchev–Trinajstić information content (AvgIpc) is 2.75. The van der Waals surface area contributed by atoms with Crippen molar-refractivity contribution in [2.24, 2.45) is 0 Å². The van der Waals surface area contributed by atoms with Crippen LogP contribution in [0.15, 0.2) is 22.8 Å². The molecule has 0 aliphatic carbocycles. The Balaban J connectivity index is 2.35. The standard InChI is InChI=1S/C15H20BrFN4/c1-4-18-12(15-11(17)7-6-8-19-15)9-13-14(16)10(3)20-21(13)5-2/h6-8,12,18H,4-5,9H2,1-3H3. The number of aromatic nitrogens is 3. The van der Waals surface area contributed by atoms with Crippen molar-refractivity contribution in [1.82, 2.24) is 20.1 Å². The summed E-state index contributed by atoms with van der Waals surface area (Å²) in [5, 5.41) is 7.80. The summed E-state index contributed by atoms with van der Waals surface area (Å²) in [6.07, 6.45) is 2.26. The molecule has 0 aromatic carbocycles. The maximum absolute atomic E-state index is 14.0. The van der Waals surface area contributed by atoms with Crippen molar-refractivity contribution in [3.63, 3.8) is 0 Å². The Kier molecular flexibility index (Phi) is 5.47. The van der Waals surface area contributed by atoms with Crippen LogP contribution in [0, 0.1) is 12.7 Å². The van der Waals surface area contributed by atoms with Gasteiger partial charge in [0, 0.05) is 19.2 Å². The van der Waals surface area contributed by atoms with Crippen LogP contribution >= 0.6 is 15.9 Å². The first-order chi connectivity index (χ1) is 10.1. The zero-order chi connectivity index (χ0) is 15.4. The highest BCUT2D eigenvalue weighted by Crippen LogP contribution is 2.26. The third kappa shape index (κ3) is 3.49. The van der Waals surface area contributed by atoms with E-state index >= 15 is 0 Å². The van der Waals surface area contributed by atoms with Crippen molar-refractivity contribution >= 4 is 15.9 Å². The predicted molar refractivity (Wildman–Crippen MR) is 84.7 cm³/mol. The lowest BCUT2D eigenvalue weighted by molar-refractivity contribution is 0.476. The summed E-state index contributed by atoms with van der Waals surface area (Å²) in [7, 11) is 0.